The Morgan fingerprint density at radius 2 is 1.80 bits per heavy atom. The molecule has 3 heterocycles. The van der Waals surface area contributed by atoms with Crippen molar-refractivity contribution in [3.05, 3.63) is 51.4 Å². The predicted octanol–water partition coefficient (Wildman–Crippen LogP) is 5.02. The lowest BCUT2D eigenvalue weighted by Gasteiger charge is -2.38. The summed E-state index contributed by atoms with van der Waals surface area (Å²) < 4.78 is 1.18. The van der Waals surface area contributed by atoms with E-state index in [-0.39, 0.29) is 5.91 Å². The number of benzene rings is 1. The minimum atomic E-state index is -0.742. The fourth-order valence-electron chi connectivity index (χ4n) is 4.32. The molecule has 1 aromatic carbocycles. The molecule has 1 amide bonds. The van der Waals surface area contributed by atoms with E-state index >= 15 is 0 Å². The summed E-state index contributed by atoms with van der Waals surface area (Å²) in [5, 5.41) is 11.7. The van der Waals surface area contributed by atoms with Gasteiger partial charge in [-0.15, -0.1) is 23.1 Å². The molecule has 0 aliphatic carbocycles. The molecule has 162 valence electrons. The monoisotopic (exact) mass is 464 g/mol. The molecule has 0 saturated carbocycles. The Labute approximate surface area is 192 Å². The third-order valence-corrected chi connectivity index (χ3v) is 8.72. The number of aliphatic hydroxyl groups is 1. The number of halogens is 1. The molecule has 0 unspecified atom stereocenters. The summed E-state index contributed by atoms with van der Waals surface area (Å²) in [5.41, 5.74) is 1.12. The van der Waals surface area contributed by atoms with E-state index in [0.717, 1.165) is 75.3 Å². The van der Waals surface area contributed by atoms with Gasteiger partial charge in [0.2, 0.25) is 0 Å². The Morgan fingerprint density at radius 3 is 2.53 bits per heavy atom. The molecule has 1 aromatic heterocycles. The molecule has 4 nitrogen and oxygen atoms in total. The summed E-state index contributed by atoms with van der Waals surface area (Å²) in [7, 11) is 0. The van der Waals surface area contributed by atoms with E-state index in [2.05, 4.69) is 11.8 Å². The normalized spacial score (nSPS) is 19.6. The largest absolute Gasteiger partial charge is 0.385 e. The number of nitrogens with zero attached hydrogens (tertiary/aromatic N) is 2. The maximum Gasteiger partial charge on any atom is 0.255 e. The van der Waals surface area contributed by atoms with Crippen molar-refractivity contribution >= 4 is 40.6 Å². The van der Waals surface area contributed by atoms with Crippen LogP contribution >= 0.6 is 34.7 Å². The van der Waals surface area contributed by atoms with Gasteiger partial charge in [0.15, 0.2) is 0 Å². The van der Waals surface area contributed by atoms with Gasteiger partial charge in [0.05, 0.1) is 15.4 Å². The van der Waals surface area contributed by atoms with Crippen LogP contribution in [-0.4, -0.2) is 59.3 Å². The summed E-state index contributed by atoms with van der Waals surface area (Å²) in [4.78, 5) is 18.5. The molecule has 0 bridgehead atoms. The number of likely N-dealkylation sites (tertiary alicyclic amines) is 1. The second kappa shape index (κ2) is 9.61. The van der Waals surface area contributed by atoms with Crippen molar-refractivity contribution in [2.75, 3.05) is 38.5 Å². The SMILES string of the molecule is Cc1cc2c(s1)SCCN(CCCCN1CCC(O)(c3ccc(Cl)cc3)CC1)C2=O. The summed E-state index contributed by atoms with van der Waals surface area (Å²) in [6.45, 7) is 6.56. The minimum Gasteiger partial charge on any atom is -0.385 e. The average Bonchev–Trinajstić information content (AvgIpc) is 3.05. The molecule has 2 aliphatic heterocycles. The van der Waals surface area contributed by atoms with Crippen LogP contribution in [0.3, 0.4) is 0 Å². The van der Waals surface area contributed by atoms with E-state index in [9.17, 15) is 9.90 Å². The topological polar surface area (TPSA) is 43.8 Å². The Morgan fingerprint density at radius 1 is 1.10 bits per heavy atom. The predicted molar refractivity (Wildman–Crippen MR) is 126 cm³/mol. The van der Waals surface area contributed by atoms with Crippen LogP contribution in [-0.2, 0) is 5.60 Å². The molecule has 0 spiro atoms. The highest BCUT2D eigenvalue weighted by Gasteiger charge is 2.33. The lowest BCUT2D eigenvalue weighted by Crippen LogP contribution is -2.43. The van der Waals surface area contributed by atoms with Crippen molar-refractivity contribution in [3.63, 3.8) is 0 Å². The van der Waals surface area contributed by atoms with Crippen LogP contribution < -0.4 is 0 Å². The van der Waals surface area contributed by atoms with E-state index in [1.54, 1.807) is 11.3 Å². The van der Waals surface area contributed by atoms with Crippen LogP contribution in [0.15, 0.2) is 34.5 Å². The first kappa shape index (κ1) is 22.2. The van der Waals surface area contributed by atoms with Crippen LogP contribution in [0, 0.1) is 6.92 Å². The average molecular weight is 465 g/mol. The summed E-state index contributed by atoms with van der Waals surface area (Å²) in [6, 6.07) is 9.63. The molecule has 2 aliphatic rings. The minimum absolute atomic E-state index is 0.199. The number of hydrogen-bond acceptors (Lipinski definition) is 5. The smallest absolute Gasteiger partial charge is 0.255 e. The first-order valence-corrected chi connectivity index (χ1v) is 12.9. The quantitative estimate of drug-likeness (QED) is 0.609. The van der Waals surface area contributed by atoms with Crippen molar-refractivity contribution < 1.29 is 9.90 Å². The zero-order valence-corrected chi connectivity index (χ0v) is 19.8. The lowest BCUT2D eigenvalue weighted by molar-refractivity contribution is -0.0261. The molecule has 4 rings (SSSR count). The fourth-order valence-corrected chi connectivity index (χ4v) is 6.85. The van der Waals surface area contributed by atoms with Crippen LogP contribution in [0.25, 0.3) is 0 Å². The number of thiophene rings is 1. The Hall–Kier alpha value is -1.05. The van der Waals surface area contributed by atoms with E-state index in [4.69, 9.17) is 11.6 Å². The molecule has 1 N–H and O–H groups in total. The van der Waals surface area contributed by atoms with Gasteiger partial charge in [0.1, 0.15) is 0 Å². The number of hydrogen-bond donors (Lipinski definition) is 1. The number of piperidine rings is 1. The second-order valence-corrected chi connectivity index (χ2v) is 11.3. The van der Waals surface area contributed by atoms with Gasteiger partial charge in [-0.05, 0) is 62.9 Å². The molecule has 7 heteroatoms. The highest BCUT2D eigenvalue weighted by atomic mass is 35.5. The third kappa shape index (κ3) is 5.05. The number of carbonyl (C=O) groups excluding carboxylic acids is 1. The van der Waals surface area contributed by atoms with Gasteiger partial charge in [-0.1, -0.05) is 23.7 Å². The van der Waals surface area contributed by atoms with Crippen LogP contribution in [0.2, 0.25) is 5.02 Å². The maximum atomic E-state index is 12.8. The number of aryl methyl sites for hydroxylation is 1. The van der Waals surface area contributed by atoms with E-state index in [1.165, 1.54) is 9.09 Å². The first-order chi connectivity index (χ1) is 14.4. The van der Waals surface area contributed by atoms with Gasteiger partial charge < -0.3 is 14.9 Å². The van der Waals surface area contributed by atoms with Gasteiger partial charge in [-0.2, -0.15) is 0 Å². The summed E-state index contributed by atoms with van der Waals surface area (Å²) >= 11 is 9.53. The molecular formula is C23H29ClN2O2S2. The second-order valence-electron chi connectivity index (χ2n) is 8.29. The summed E-state index contributed by atoms with van der Waals surface area (Å²) in [5.74, 6) is 1.18. The summed E-state index contributed by atoms with van der Waals surface area (Å²) in [6.07, 6.45) is 3.59. The van der Waals surface area contributed by atoms with Crippen molar-refractivity contribution in [1.29, 1.82) is 0 Å². The molecule has 1 fully saturated rings. The number of carbonyl (C=O) groups is 1. The van der Waals surface area contributed by atoms with Gasteiger partial charge in [0.25, 0.3) is 5.91 Å². The van der Waals surface area contributed by atoms with Crippen LogP contribution in [0.1, 0.15) is 46.5 Å². The highest BCUT2D eigenvalue weighted by Crippen LogP contribution is 2.35. The molecule has 0 atom stereocenters. The van der Waals surface area contributed by atoms with Gasteiger partial charge in [-0.25, -0.2) is 0 Å². The Kier molecular flexibility index (Phi) is 7.10. The molecule has 30 heavy (non-hydrogen) atoms. The Balaban J connectivity index is 1.21. The number of fused-ring (bicyclic) bond motifs is 1. The number of thioether (sulfide) groups is 1. The molecule has 0 radical (unpaired) electrons. The lowest BCUT2D eigenvalue weighted by atomic mass is 9.84. The van der Waals surface area contributed by atoms with E-state index < -0.39 is 5.60 Å². The molecule has 2 aromatic rings. The molecular weight excluding hydrogens is 436 g/mol. The van der Waals surface area contributed by atoms with Crippen LogP contribution in [0.5, 0.6) is 0 Å². The highest BCUT2D eigenvalue weighted by molar-refractivity contribution is 8.01. The number of unbranched alkanes of at least 4 members (excludes halogenated alkanes) is 1. The van der Waals surface area contributed by atoms with E-state index in [0.29, 0.717) is 5.02 Å². The molecule has 1 saturated heterocycles. The van der Waals surface area contributed by atoms with Gasteiger partial charge >= 0.3 is 0 Å². The maximum absolute atomic E-state index is 12.8. The Bertz CT molecular complexity index is 876. The fraction of sp³-hybridized carbons (Fsp3) is 0.522. The van der Waals surface area contributed by atoms with Crippen LogP contribution in [0.4, 0.5) is 0 Å². The number of rotatable bonds is 6. The van der Waals surface area contributed by atoms with Crippen molar-refractivity contribution in [1.82, 2.24) is 9.80 Å². The van der Waals surface area contributed by atoms with Crippen molar-refractivity contribution in [2.45, 2.75) is 42.4 Å². The third-order valence-electron chi connectivity index (χ3n) is 6.15. The zero-order chi connectivity index (χ0) is 21.1. The zero-order valence-electron chi connectivity index (χ0n) is 17.4. The van der Waals surface area contributed by atoms with Crippen molar-refractivity contribution in [3.8, 4) is 0 Å². The standard InChI is InChI=1S/C23H29ClN2O2S2/c1-17-16-20-21(27)26(14-15-29-22(20)30-17)11-3-2-10-25-12-8-23(28,9-13-25)18-4-6-19(24)7-5-18/h4-7,16,28H,2-3,8-15H2,1H3. The van der Waals surface area contributed by atoms with Crippen molar-refractivity contribution in [2.24, 2.45) is 0 Å². The van der Waals surface area contributed by atoms with E-state index in [1.807, 2.05) is 47.0 Å². The van der Waals surface area contributed by atoms with Gasteiger partial charge in [0, 0.05) is 41.8 Å². The van der Waals surface area contributed by atoms with Gasteiger partial charge in [-0.3, -0.25) is 4.79 Å². The first-order valence-electron chi connectivity index (χ1n) is 10.7. The number of amides is 1.